The second kappa shape index (κ2) is 3.94. The van der Waals surface area contributed by atoms with E-state index in [4.69, 9.17) is 11.5 Å². The zero-order valence-corrected chi connectivity index (χ0v) is 4.29. The van der Waals surface area contributed by atoms with Crippen molar-refractivity contribution in [3.63, 3.8) is 0 Å². The number of rotatable bonds is 2. The molecule has 0 aromatic carbocycles. The summed E-state index contributed by atoms with van der Waals surface area (Å²) in [6.45, 7) is 0. The molecule has 0 aromatic heterocycles. The lowest BCUT2D eigenvalue weighted by Gasteiger charge is -1.74. The monoisotopic (exact) mass is 110 g/mol. The van der Waals surface area contributed by atoms with Crippen LogP contribution in [-0.2, 0) is 4.79 Å². The van der Waals surface area contributed by atoms with Crippen LogP contribution in [-0.4, -0.2) is 11.1 Å². The first kappa shape index (κ1) is 6.77. The van der Waals surface area contributed by atoms with Crippen LogP contribution >= 0.6 is 0 Å². The summed E-state index contributed by atoms with van der Waals surface area (Å²) in [7, 11) is 0. The van der Waals surface area contributed by atoms with Gasteiger partial charge in [-0.3, -0.25) is 0 Å². The topological polar surface area (TPSA) is 37.3 Å². The molecule has 0 aliphatic carbocycles. The van der Waals surface area contributed by atoms with Gasteiger partial charge in [-0.15, -0.1) is 12.3 Å². The number of carboxylic acid groups (broad SMARTS) is 1. The molecule has 0 saturated heterocycles. The predicted octanol–water partition coefficient (Wildman–Crippen LogP) is 0.650. The van der Waals surface area contributed by atoms with E-state index in [-0.39, 0.29) is 0 Å². The van der Waals surface area contributed by atoms with Gasteiger partial charge in [0, 0.05) is 12.5 Å². The maximum absolute atomic E-state index is 9.72. The minimum atomic E-state index is -0.958. The smallest absolute Gasteiger partial charge is 0.328 e. The summed E-state index contributed by atoms with van der Waals surface area (Å²) in [6, 6.07) is 0. The van der Waals surface area contributed by atoms with E-state index in [0.29, 0.717) is 6.42 Å². The molecule has 1 N–H and O–H groups in total. The second-order valence-electron chi connectivity index (χ2n) is 1.15. The molecule has 0 rings (SSSR count). The fourth-order valence-corrected chi connectivity index (χ4v) is 0.228. The maximum Gasteiger partial charge on any atom is 0.328 e. The molecule has 0 unspecified atom stereocenters. The highest BCUT2D eigenvalue weighted by Gasteiger charge is 1.80. The Hall–Kier alpha value is -1.23. The average molecular weight is 110 g/mol. The standard InChI is InChI=1S/C6H6O2/c1-2-3-4-5-6(7)8/h1,4-5H,3H2,(H,7,8). The summed E-state index contributed by atoms with van der Waals surface area (Å²) in [5.41, 5.74) is 0. The van der Waals surface area contributed by atoms with Crippen molar-refractivity contribution in [3.8, 4) is 12.3 Å². The van der Waals surface area contributed by atoms with Crippen molar-refractivity contribution < 1.29 is 9.90 Å². The highest BCUT2D eigenvalue weighted by Crippen LogP contribution is 1.77. The van der Waals surface area contributed by atoms with Gasteiger partial charge in [-0.05, 0) is 0 Å². The lowest BCUT2D eigenvalue weighted by molar-refractivity contribution is -0.131. The van der Waals surface area contributed by atoms with Gasteiger partial charge in [0.25, 0.3) is 0 Å². The van der Waals surface area contributed by atoms with Crippen LogP contribution in [0.4, 0.5) is 0 Å². The molecule has 0 heterocycles. The van der Waals surface area contributed by atoms with E-state index in [2.05, 4.69) is 5.92 Å². The molecule has 0 spiro atoms. The van der Waals surface area contributed by atoms with Gasteiger partial charge in [-0.25, -0.2) is 4.79 Å². The normalized spacial score (nSPS) is 8.88. The van der Waals surface area contributed by atoms with Crippen LogP contribution in [0.15, 0.2) is 12.2 Å². The Morgan fingerprint density at radius 1 is 1.88 bits per heavy atom. The summed E-state index contributed by atoms with van der Waals surface area (Å²) < 4.78 is 0. The molecule has 0 amide bonds. The third-order valence-corrected chi connectivity index (χ3v) is 0.496. The van der Waals surface area contributed by atoms with Gasteiger partial charge in [0.2, 0.25) is 0 Å². The number of allylic oxidation sites excluding steroid dienone is 1. The van der Waals surface area contributed by atoms with Crippen LogP contribution in [0.25, 0.3) is 0 Å². The SMILES string of the molecule is C#CCC=CC(=O)O. The van der Waals surface area contributed by atoms with Crippen LogP contribution in [0.2, 0.25) is 0 Å². The molecule has 0 aliphatic heterocycles. The van der Waals surface area contributed by atoms with E-state index in [9.17, 15) is 4.79 Å². The fraction of sp³-hybridized carbons (Fsp3) is 0.167. The van der Waals surface area contributed by atoms with Crippen LogP contribution in [0, 0.1) is 12.3 Å². The summed E-state index contributed by atoms with van der Waals surface area (Å²) in [4.78, 5) is 9.72. The molecule has 2 nitrogen and oxygen atoms in total. The minimum absolute atomic E-state index is 0.381. The molecule has 0 radical (unpaired) electrons. The van der Waals surface area contributed by atoms with Crippen LogP contribution in [0.1, 0.15) is 6.42 Å². The first-order chi connectivity index (χ1) is 3.77. The van der Waals surface area contributed by atoms with Gasteiger partial charge < -0.3 is 5.11 Å². The molecule has 8 heavy (non-hydrogen) atoms. The molecule has 0 aromatic rings. The quantitative estimate of drug-likeness (QED) is 0.418. The Labute approximate surface area is 47.8 Å². The zero-order valence-electron chi connectivity index (χ0n) is 4.29. The van der Waals surface area contributed by atoms with Crippen LogP contribution < -0.4 is 0 Å². The van der Waals surface area contributed by atoms with Crippen molar-refractivity contribution in [3.05, 3.63) is 12.2 Å². The van der Waals surface area contributed by atoms with Gasteiger partial charge in [0.05, 0.1) is 0 Å². The third kappa shape index (κ3) is 4.77. The first-order valence-electron chi connectivity index (χ1n) is 2.10. The Morgan fingerprint density at radius 2 is 2.50 bits per heavy atom. The zero-order chi connectivity index (χ0) is 6.41. The molecule has 2 heteroatoms. The molecule has 0 fully saturated rings. The van der Waals surface area contributed by atoms with Crippen molar-refractivity contribution in [2.75, 3.05) is 0 Å². The highest BCUT2D eigenvalue weighted by molar-refractivity contribution is 5.79. The van der Waals surface area contributed by atoms with Crippen LogP contribution in [0.3, 0.4) is 0 Å². The lowest BCUT2D eigenvalue weighted by atomic mass is 10.4. The second-order valence-corrected chi connectivity index (χ2v) is 1.15. The number of terminal acetylenes is 1. The van der Waals surface area contributed by atoms with E-state index < -0.39 is 5.97 Å². The highest BCUT2D eigenvalue weighted by atomic mass is 16.4. The van der Waals surface area contributed by atoms with E-state index >= 15 is 0 Å². The van der Waals surface area contributed by atoms with Crippen molar-refractivity contribution in [1.82, 2.24) is 0 Å². The van der Waals surface area contributed by atoms with Gasteiger partial charge in [-0.1, -0.05) is 6.08 Å². The molecule has 0 bridgehead atoms. The van der Waals surface area contributed by atoms with Crippen molar-refractivity contribution in [2.24, 2.45) is 0 Å². The predicted molar refractivity (Wildman–Crippen MR) is 30.2 cm³/mol. The number of hydrogen-bond donors (Lipinski definition) is 1. The summed E-state index contributed by atoms with van der Waals surface area (Å²) in [5, 5.41) is 7.98. The first-order valence-corrected chi connectivity index (χ1v) is 2.10. The largest absolute Gasteiger partial charge is 0.478 e. The molecule has 42 valence electrons. The number of carbonyl (C=O) groups is 1. The lowest BCUT2D eigenvalue weighted by Crippen LogP contribution is -1.84. The van der Waals surface area contributed by atoms with E-state index in [1.807, 2.05) is 0 Å². The van der Waals surface area contributed by atoms with Gasteiger partial charge >= 0.3 is 5.97 Å². The van der Waals surface area contributed by atoms with Crippen molar-refractivity contribution >= 4 is 5.97 Å². The Balaban J connectivity index is 3.38. The van der Waals surface area contributed by atoms with Gasteiger partial charge in [0.15, 0.2) is 0 Å². The van der Waals surface area contributed by atoms with E-state index in [0.717, 1.165) is 6.08 Å². The number of hydrogen-bond acceptors (Lipinski definition) is 1. The van der Waals surface area contributed by atoms with Crippen LogP contribution in [0.5, 0.6) is 0 Å². The molecular weight excluding hydrogens is 104 g/mol. The Bertz CT molecular complexity index is 139. The van der Waals surface area contributed by atoms with Crippen molar-refractivity contribution in [1.29, 1.82) is 0 Å². The molecular formula is C6H6O2. The number of carboxylic acids is 1. The Kier molecular flexibility index (Phi) is 3.34. The van der Waals surface area contributed by atoms with E-state index in [1.165, 1.54) is 6.08 Å². The summed E-state index contributed by atoms with van der Waals surface area (Å²) in [6.07, 6.45) is 7.65. The van der Waals surface area contributed by atoms with Gasteiger partial charge in [0.1, 0.15) is 0 Å². The average Bonchev–Trinajstić information content (AvgIpc) is 1.66. The van der Waals surface area contributed by atoms with Gasteiger partial charge in [-0.2, -0.15) is 0 Å². The Morgan fingerprint density at radius 3 is 2.88 bits per heavy atom. The minimum Gasteiger partial charge on any atom is -0.478 e. The number of aliphatic carboxylic acids is 1. The maximum atomic E-state index is 9.72. The molecule has 0 atom stereocenters. The fourth-order valence-electron chi connectivity index (χ4n) is 0.228. The molecule has 0 saturated carbocycles. The summed E-state index contributed by atoms with van der Waals surface area (Å²) in [5.74, 6) is 1.31. The van der Waals surface area contributed by atoms with Crippen molar-refractivity contribution in [2.45, 2.75) is 6.42 Å². The van der Waals surface area contributed by atoms with E-state index in [1.54, 1.807) is 0 Å². The summed E-state index contributed by atoms with van der Waals surface area (Å²) >= 11 is 0. The third-order valence-electron chi connectivity index (χ3n) is 0.496. The molecule has 0 aliphatic rings.